The minimum atomic E-state index is -0.145. The summed E-state index contributed by atoms with van der Waals surface area (Å²) in [6.45, 7) is 1.00. The van der Waals surface area contributed by atoms with Gasteiger partial charge in [0.25, 0.3) is 0 Å². The molecule has 11 heavy (non-hydrogen) atoms. The number of rotatable bonds is 5. The molecule has 0 aromatic rings. The highest BCUT2D eigenvalue weighted by molar-refractivity contribution is 7.99. The van der Waals surface area contributed by atoms with Crippen LogP contribution in [0.4, 0.5) is 0 Å². The number of nitrogens with zero attached hydrogens (tertiary/aromatic N) is 1. The molecule has 0 bridgehead atoms. The van der Waals surface area contributed by atoms with E-state index in [0.717, 1.165) is 12.3 Å². The number of methoxy groups -OCH3 is 1. The number of hydrogen-bond donors (Lipinski definition) is 0. The molecule has 0 aliphatic heterocycles. The molecule has 0 N–H and O–H groups in total. The molecule has 3 nitrogen and oxygen atoms in total. The van der Waals surface area contributed by atoms with Crippen molar-refractivity contribution >= 4 is 17.7 Å². The number of carbonyl (C=O) groups excluding carboxylic acids is 1. The van der Waals surface area contributed by atoms with E-state index in [1.54, 1.807) is 11.8 Å². The van der Waals surface area contributed by atoms with Gasteiger partial charge in [-0.2, -0.15) is 0 Å². The Morgan fingerprint density at radius 2 is 2.18 bits per heavy atom. The molecule has 0 atom stereocenters. The Morgan fingerprint density at radius 1 is 1.55 bits per heavy atom. The molecule has 0 rings (SSSR count). The normalized spacial score (nSPS) is 10.2. The zero-order valence-electron chi connectivity index (χ0n) is 7.29. The molecule has 0 amide bonds. The Bertz CT molecular complexity index is 117. The molecule has 0 aliphatic rings. The third kappa shape index (κ3) is 7.68. The lowest BCUT2D eigenvalue weighted by atomic mass is 10.7. The van der Waals surface area contributed by atoms with E-state index < -0.39 is 0 Å². The highest BCUT2D eigenvalue weighted by Crippen LogP contribution is 1.99. The van der Waals surface area contributed by atoms with Crippen molar-refractivity contribution in [2.24, 2.45) is 0 Å². The molecule has 0 aliphatic carbocycles. The van der Waals surface area contributed by atoms with Crippen LogP contribution >= 0.6 is 11.8 Å². The van der Waals surface area contributed by atoms with Gasteiger partial charge in [-0.15, -0.1) is 11.8 Å². The summed E-state index contributed by atoms with van der Waals surface area (Å²) in [6.07, 6.45) is 0. The van der Waals surface area contributed by atoms with Crippen LogP contribution in [0.25, 0.3) is 0 Å². The van der Waals surface area contributed by atoms with Crippen molar-refractivity contribution in [2.75, 3.05) is 39.3 Å². The van der Waals surface area contributed by atoms with Crippen LogP contribution in [0.1, 0.15) is 0 Å². The van der Waals surface area contributed by atoms with E-state index in [-0.39, 0.29) is 5.97 Å². The van der Waals surface area contributed by atoms with Crippen LogP contribution in [0.2, 0.25) is 0 Å². The van der Waals surface area contributed by atoms with E-state index in [2.05, 4.69) is 9.64 Å². The molecule has 0 saturated heterocycles. The lowest BCUT2D eigenvalue weighted by Crippen LogP contribution is -2.16. The van der Waals surface area contributed by atoms with Gasteiger partial charge in [0, 0.05) is 12.3 Å². The van der Waals surface area contributed by atoms with Crippen molar-refractivity contribution in [3.05, 3.63) is 0 Å². The summed E-state index contributed by atoms with van der Waals surface area (Å²) in [7, 11) is 5.44. The van der Waals surface area contributed by atoms with Gasteiger partial charge in [0.15, 0.2) is 0 Å². The average molecular weight is 177 g/mol. The molecule has 0 heterocycles. The number of thioether (sulfide) groups is 1. The molecular formula is C7H15NO2S. The smallest absolute Gasteiger partial charge is 0.315 e. The molecule has 0 aromatic carbocycles. The van der Waals surface area contributed by atoms with E-state index in [0.29, 0.717) is 5.75 Å². The van der Waals surface area contributed by atoms with Gasteiger partial charge in [-0.05, 0) is 14.1 Å². The van der Waals surface area contributed by atoms with Gasteiger partial charge >= 0.3 is 5.97 Å². The standard InChI is InChI=1S/C7H15NO2S/c1-8(2)4-5-11-6-7(9)10-3/h4-6H2,1-3H3. The fourth-order valence-corrected chi connectivity index (χ4v) is 1.38. The fourth-order valence-electron chi connectivity index (χ4n) is 0.462. The minimum Gasteiger partial charge on any atom is -0.468 e. The summed E-state index contributed by atoms with van der Waals surface area (Å²) >= 11 is 1.60. The lowest BCUT2D eigenvalue weighted by Gasteiger charge is -2.07. The summed E-state index contributed by atoms with van der Waals surface area (Å²) in [6, 6.07) is 0. The van der Waals surface area contributed by atoms with Gasteiger partial charge in [-0.25, -0.2) is 0 Å². The molecule has 0 aromatic heterocycles. The van der Waals surface area contributed by atoms with Gasteiger partial charge in [0.05, 0.1) is 12.9 Å². The maximum absolute atomic E-state index is 10.6. The van der Waals surface area contributed by atoms with Crippen molar-refractivity contribution in [2.45, 2.75) is 0 Å². The molecule has 4 heteroatoms. The van der Waals surface area contributed by atoms with Crippen molar-refractivity contribution in [3.63, 3.8) is 0 Å². The third-order valence-corrected chi connectivity index (χ3v) is 2.04. The summed E-state index contributed by atoms with van der Waals surface area (Å²) in [5.41, 5.74) is 0. The second-order valence-electron chi connectivity index (χ2n) is 2.43. The van der Waals surface area contributed by atoms with Gasteiger partial charge in [-0.1, -0.05) is 0 Å². The van der Waals surface area contributed by atoms with Crippen molar-refractivity contribution in [1.82, 2.24) is 4.90 Å². The quantitative estimate of drug-likeness (QED) is 0.450. The highest BCUT2D eigenvalue weighted by atomic mass is 32.2. The SMILES string of the molecule is COC(=O)CSCCN(C)C. The predicted molar refractivity (Wildman–Crippen MR) is 47.9 cm³/mol. The Labute approximate surface area is 72.1 Å². The van der Waals surface area contributed by atoms with Crippen LogP contribution in [0.5, 0.6) is 0 Å². The molecule has 66 valence electrons. The second kappa shape index (κ2) is 6.49. The van der Waals surface area contributed by atoms with Gasteiger partial charge in [0.2, 0.25) is 0 Å². The van der Waals surface area contributed by atoms with Crippen molar-refractivity contribution in [1.29, 1.82) is 0 Å². The Morgan fingerprint density at radius 3 is 2.64 bits per heavy atom. The molecule has 0 radical (unpaired) electrons. The van der Waals surface area contributed by atoms with Crippen LogP contribution in [0.15, 0.2) is 0 Å². The van der Waals surface area contributed by atoms with Crippen molar-refractivity contribution < 1.29 is 9.53 Å². The first-order chi connectivity index (χ1) is 5.16. The highest BCUT2D eigenvalue weighted by Gasteiger charge is 1.99. The van der Waals surface area contributed by atoms with Crippen LogP contribution in [0.3, 0.4) is 0 Å². The van der Waals surface area contributed by atoms with Gasteiger partial charge in [-0.3, -0.25) is 4.79 Å². The molecule has 0 fully saturated rings. The van der Waals surface area contributed by atoms with Crippen LogP contribution in [-0.4, -0.2) is 50.1 Å². The first kappa shape index (κ1) is 10.8. The maximum Gasteiger partial charge on any atom is 0.315 e. The lowest BCUT2D eigenvalue weighted by molar-refractivity contribution is -0.137. The van der Waals surface area contributed by atoms with Crippen molar-refractivity contribution in [3.8, 4) is 0 Å². The average Bonchev–Trinajstić information content (AvgIpc) is 1.97. The third-order valence-electron chi connectivity index (χ3n) is 1.13. The first-order valence-electron chi connectivity index (χ1n) is 3.46. The number of carbonyl (C=O) groups is 1. The number of hydrogen-bond acceptors (Lipinski definition) is 4. The first-order valence-corrected chi connectivity index (χ1v) is 4.61. The Hall–Kier alpha value is -0.220. The number of esters is 1. The molecule has 0 saturated carbocycles. The second-order valence-corrected chi connectivity index (χ2v) is 3.54. The monoisotopic (exact) mass is 177 g/mol. The summed E-state index contributed by atoms with van der Waals surface area (Å²) in [5, 5.41) is 0. The maximum atomic E-state index is 10.6. The van der Waals surface area contributed by atoms with E-state index in [4.69, 9.17) is 0 Å². The minimum absolute atomic E-state index is 0.145. The van der Waals surface area contributed by atoms with Gasteiger partial charge < -0.3 is 9.64 Å². The zero-order valence-corrected chi connectivity index (χ0v) is 8.11. The van der Waals surface area contributed by atoms with E-state index >= 15 is 0 Å². The molecular weight excluding hydrogens is 162 g/mol. The fraction of sp³-hybridized carbons (Fsp3) is 0.857. The van der Waals surface area contributed by atoms with E-state index in [1.807, 2.05) is 14.1 Å². The zero-order chi connectivity index (χ0) is 8.69. The Kier molecular flexibility index (Phi) is 6.36. The van der Waals surface area contributed by atoms with E-state index in [1.165, 1.54) is 7.11 Å². The summed E-state index contributed by atoms with van der Waals surface area (Å²) in [5.74, 6) is 1.29. The van der Waals surface area contributed by atoms with Crippen LogP contribution in [-0.2, 0) is 9.53 Å². The van der Waals surface area contributed by atoms with Gasteiger partial charge in [0.1, 0.15) is 0 Å². The Balaban J connectivity index is 3.08. The molecule has 0 unspecified atom stereocenters. The van der Waals surface area contributed by atoms with E-state index in [9.17, 15) is 4.79 Å². The molecule has 0 spiro atoms. The van der Waals surface area contributed by atoms with Crippen LogP contribution in [0, 0.1) is 0 Å². The summed E-state index contributed by atoms with van der Waals surface area (Å²) in [4.78, 5) is 12.7. The van der Waals surface area contributed by atoms with Crippen LogP contribution < -0.4 is 0 Å². The predicted octanol–water partition coefficient (Wildman–Crippen LogP) is 0.454. The topological polar surface area (TPSA) is 29.5 Å². The summed E-state index contributed by atoms with van der Waals surface area (Å²) < 4.78 is 4.48. The number of ether oxygens (including phenoxy) is 1. The largest absolute Gasteiger partial charge is 0.468 e.